The predicted octanol–water partition coefficient (Wildman–Crippen LogP) is 6.98. The fourth-order valence-electron chi connectivity index (χ4n) is 2.80. The molecule has 2 heteroatoms. The number of esters is 1. The maximum absolute atomic E-state index is 10.9. The smallest absolute Gasteiger partial charge is 0.305 e. The van der Waals surface area contributed by atoms with Gasteiger partial charge in [-0.1, -0.05) is 83.3 Å². The number of unbranched alkanes of at least 4 members (excludes halogenated alkanes) is 13. The Bertz CT molecular complexity index is 271. The van der Waals surface area contributed by atoms with Gasteiger partial charge in [-0.05, 0) is 32.1 Å². The predicted molar refractivity (Wildman–Crippen MR) is 101 cm³/mol. The minimum absolute atomic E-state index is 0.0751. The molecule has 0 N–H and O–H groups in total. The van der Waals surface area contributed by atoms with Crippen molar-refractivity contribution in [2.24, 2.45) is 0 Å². The molecule has 0 spiro atoms. The summed E-state index contributed by atoms with van der Waals surface area (Å²) >= 11 is 0. The summed E-state index contributed by atoms with van der Waals surface area (Å²) in [6.45, 7) is 2.28. The zero-order chi connectivity index (χ0) is 17.0. The summed E-state index contributed by atoms with van der Waals surface area (Å²) in [5.41, 5.74) is 0. The van der Waals surface area contributed by atoms with Crippen LogP contribution in [0.1, 0.15) is 110 Å². The Balaban J connectivity index is 3.10. The van der Waals surface area contributed by atoms with E-state index in [1.54, 1.807) is 0 Å². The third-order valence-corrected chi connectivity index (χ3v) is 4.37. The van der Waals surface area contributed by atoms with Crippen LogP contribution in [0.5, 0.6) is 0 Å². The average Bonchev–Trinajstić information content (AvgIpc) is 2.57. The van der Waals surface area contributed by atoms with Crippen molar-refractivity contribution in [2.45, 2.75) is 110 Å². The Morgan fingerprint density at radius 1 is 0.696 bits per heavy atom. The molecule has 0 bridgehead atoms. The summed E-state index contributed by atoms with van der Waals surface area (Å²) in [7, 11) is 1.46. The molecule has 0 saturated carbocycles. The van der Waals surface area contributed by atoms with Crippen molar-refractivity contribution >= 4 is 5.97 Å². The molecule has 0 unspecified atom stereocenters. The van der Waals surface area contributed by atoms with Crippen LogP contribution in [0.25, 0.3) is 0 Å². The number of hydrogen-bond acceptors (Lipinski definition) is 2. The molecule has 0 rings (SSSR count). The van der Waals surface area contributed by atoms with E-state index in [0.29, 0.717) is 6.42 Å². The summed E-state index contributed by atoms with van der Waals surface area (Å²) in [5, 5.41) is 0. The number of ether oxygens (including phenoxy) is 1. The SMILES string of the molecule is CCCCCCCCCC/C=C\CCCCCCCC(=O)OC. The Morgan fingerprint density at radius 2 is 1.13 bits per heavy atom. The van der Waals surface area contributed by atoms with E-state index in [1.165, 1.54) is 90.6 Å². The van der Waals surface area contributed by atoms with Crippen molar-refractivity contribution < 1.29 is 9.53 Å². The molecule has 0 aromatic heterocycles. The number of allylic oxidation sites excluding steroid dienone is 2. The summed E-state index contributed by atoms with van der Waals surface area (Å²) < 4.78 is 4.63. The van der Waals surface area contributed by atoms with Gasteiger partial charge in [-0.2, -0.15) is 0 Å². The average molecular weight is 325 g/mol. The van der Waals surface area contributed by atoms with Crippen LogP contribution in [0.4, 0.5) is 0 Å². The van der Waals surface area contributed by atoms with E-state index < -0.39 is 0 Å². The highest BCUT2D eigenvalue weighted by molar-refractivity contribution is 5.68. The first kappa shape index (κ1) is 22.2. The van der Waals surface area contributed by atoms with Crippen LogP contribution >= 0.6 is 0 Å². The molecule has 0 aromatic carbocycles. The standard InChI is InChI=1S/C21H40O2/c1-3-4-5-6-7-8-9-10-11-12-13-14-15-16-17-18-19-20-21(22)23-2/h12-13H,3-11,14-20H2,1-2H3/b13-12-. The van der Waals surface area contributed by atoms with Crippen molar-refractivity contribution in [1.82, 2.24) is 0 Å². The summed E-state index contributed by atoms with van der Waals surface area (Å²) in [6, 6.07) is 0. The fraction of sp³-hybridized carbons (Fsp3) is 0.857. The van der Waals surface area contributed by atoms with E-state index in [0.717, 1.165) is 12.8 Å². The van der Waals surface area contributed by atoms with Gasteiger partial charge in [0.2, 0.25) is 0 Å². The molecule has 0 atom stereocenters. The maximum Gasteiger partial charge on any atom is 0.305 e. The van der Waals surface area contributed by atoms with E-state index in [2.05, 4.69) is 23.8 Å². The van der Waals surface area contributed by atoms with Crippen molar-refractivity contribution in [2.75, 3.05) is 7.11 Å². The van der Waals surface area contributed by atoms with Crippen LogP contribution in [0.15, 0.2) is 12.2 Å². The molecule has 0 fully saturated rings. The number of carbonyl (C=O) groups excluding carboxylic acids is 1. The monoisotopic (exact) mass is 324 g/mol. The van der Waals surface area contributed by atoms with Gasteiger partial charge in [-0.25, -0.2) is 0 Å². The lowest BCUT2D eigenvalue weighted by molar-refractivity contribution is -0.140. The summed E-state index contributed by atoms with van der Waals surface area (Å²) in [6.07, 6.45) is 24.9. The first-order valence-electron chi connectivity index (χ1n) is 10.0. The van der Waals surface area contributed by atoms with Crippen LogP contribution in [-0.2, 0) is 9.53 Å². The van der Waals surface area contributed by atoms with Gasteiger partial charge in [0.05, 0.1) is 7.11 Å². The lowest BCUT2D eigenvalue weighted by Gasteiger charge is -2.00. The van der Waals surface area contributed by atoms with Crippen LogP contribution in [0.3, 0.4) is 0 Å². The maximum atomic E-state index is 10.9. The zero-order valence-corrected chi connectivity index (χ0v) is 15.8. The van der Waals surface area contributed by atoms with Crippen LogP contribution in [0, 0.1) is 0 Å². The molecule has 0 aliphatic rings. The molecule has 0 heterocycles. The van der Waals surface area contributed by atoms with Crippen LogP contribution < -0.4 is 0 Å². The molecule has 0 aliphatic heterocycles. The Labute approximate surface area is 145 Å². The molecule has 0 saturated heterocycles. The molecular weight excluding hydrogens is 284 g/mol. The molecule has 0 aliphatic carbocycles. The number of rotatable bonds is 17. The van der Waals surface area contributed by atoms with Gasteiger partial charge in [-0.3, -0.25) is 4.79 Å². The van der Waals surface area contributed by atoms with Gasteiger partial charge in [0.25, 0.3) is 0 Å². The number of hydrogen-bond donors (Lipinski definition) is 0. The quantitative estimate of drug-likeness (QED) is 0.164. The molecule has 136 valence electrons. The van der Waals surface area contributed by atoms with E-state index in [9.17, 15) is 4.79 Å². The molecule has 0 amide bonds. The Hall–Kier alpha value is -0.790. The van der Waals surface area contributed by atoms with Gasteiger partial charge in [-0.15, -0.1) is 0 Å². The minimum Gasteiger partial charge on any atom is -0.469 e. The number of carbonyl (C=O) groups is 1. The molecule has 0 radical (unpaired) electrons. The van der Waals surface area contributed by atoms with Crippen molar-refractivity contribution in [3.8, 4) is 0 Å². The van der Waals surface area contributed by atoms with Crippen molar-refractivity contribution in [1.29, 1.82) is 0 Å². The third-order valence-electron chi connectivity index (χ3n) is 4.37. The second-order valence-corrected chi connectivity index (χ2v) is 6.62. The molecular formula is C21H40O2. The molecule has 23 heavy (non-hydrogen) atoms. The van der Waals surface area contributed by atoms with Crippen LogP contribution in [-0.4, -0.2) is 13.1 Å². The van der Waals surface area contributed by atoms with Gasteiger partial charge in [0.1, 0.15) is 0 Å². The zero-order valence-electron chi connectivity index (χ0n) is 15.8. The van der Waals surface area contributed by atoms with Gasteiger partial charge in [0, 0.05) is 6.42 Å². The lowest BCUT2D eigenvalue weighted by atomic mass is 10.1. The highest BCUT2D eigenvalue weighted by Gasteiger charge is 1.98. The second-order valence-electron chi connectivity index (χ2n) is 6.62. The highest BCUT2D eigenvalue weighted by atomic mass is 16.5. The first-order chi connectivity index (χ1) is 11.3. The topological polar surface area (TPSA) is 26.3 Å². The highest BCUT2D eigenvalue weighted by Crippen LogP contribution is 2.11. The Morgan fingerprint density at radius 3 is 1.61 bits per heavy atom. The third kappa shape index (κ3) is 19.2. The van der Waals surface area contributed by atoms with Gasteiger partial charge >= 0.3 is 5.97 Å². The van der Waals surface area contributed by atoms with Crippen LogP contribution in [0.2, 0.25) is 0 Å². The number of methoxy groups -OCH3 is 1. The van der Waals surface area contributed by atoms with Crippen molar-refractivity contribution in [3.63, 3.8) is 0 Å². The van der Waals surface area contributed by atoms with E-state index in [4.69, 9.17) is 0 Å². The minimum atomic E-state index is -0.0751. The Kier molecular flexibility index (Phi) is 18.6. The summed E-state index contributed by atoms with van der Waals surface area (Å²) in [5.74, 6) is -0.0751. The van der Waals surface area contributed by atoms with E-state index in [-0.39, 0.29) is 5.97 Å². The van der Waals surface area contributed by atoms with E-state index >= 15 is 0 Å². The largest absolute Gasteiger partial charge is 0.469 e. The lowest BCUT2D eigenvalue weighted by Crippen LogP contribution is -1.98. The fourth-order valence-corrected chi connectivity index (χ4v) is 2.80. The first-order valence-corrected chi connectivity index (χ1v) is 10.0. The van der Waals surface area contributed by atoms with E-state index in [1.807, 2.05) is 0 Å². The normalized spacial score (nSPS) is 11.2. The molecule has 2 nitrogen and oxygen atoms in total. The van der Waals surface area contributed by atoms with Gasteiger partial charge in [0.15, 0.2) is 0 Å². The van der Waals surface area contributed by atoms with Gasteiger partial charge < -0.3 is 4.74 Å². The second kappa shape index (κ2) is 19.3. The van der Waals surface area contributed by atoms with Crippen molar-refractivity contribution in [3.05, 3.63) is 12.2 Å². The summed E-state index contributed by atoms with van der Waals surface area (Å²) in [4.78, 5) is 10.9. The molecule has 0 aromatic rings.